The maximum atomic E-state index is 4.41. The molecule has 5 nitrogen and oxygen atoms in total. The first-order valence-corrected chi connectivity index (χ1v) is 7.35. The van der Waals surface area contributed by atoms with E-state index in [1.54, 1.807) is 11.8 Å². The van der Waals surface area contributed by atoms with Gasteiger partial charge in [-0.1, -0.05) is 42.1 Å². The highest BCUT2D eigenvalue weighted by Gasteiger charge is 2.07. The number of nitrogens with one attached hydrogen (secondary N) is 1. The van der Waals surface area contributed by atoms with E-state index in [1.165, 1.54) is 5.56 Å². The normalized spacial score (nSPS) is 10.8. The molecule has 3 aromatic rings. The minimum absolute atomic E-state index is 0.761. The molecule has 0 saturated carbocycles. The molecule has 2 heterocycles. The third-order valence-corrected chi connectivity index (χ3v) is 3.75. The number of aromatic amines is 1. The third-order valence-electron chi connectivity index (χ3n) is 2.90. The lowest BCUT2D eigenvalue weighted by Crippen LogP contribution is -2.03. The minimum Gasteiger partial charge on any atom is -0.330 e. The zero-order valence-electron chi connectivity index (χ0n) is 11.2. The van der Waals surface area contributed by atoms with Crippen LogP contribution >= 0.6 is 11.8 Å². The molecule has 0 aliphatic rings. The molecule has 0 fully saturated rings. The maximum Gasteiger partial charge on any atom is 0.208 e. The van der Waals surface area contributed by atoms with Crippen molar-refractivity contribution in [1.82, 2.24) is 24.7 Å². The zero-order valence-corrected chi connectivity index (χ0v) is 12.0. The molecular weight excluding hydrogens is 270 g/mol. The number of rotatable bonds is 5. The van der Waals surface area contributed by atoms with Crippen molar-refractivity contribution < 1.29 is 0 Å². The molecule has 3 rings (SSSR count). The molecule has 0 atom stereocenters. The number of thioether (sulfide) groups is 1. The molecule has 1 N–H and O–H groups in total. The fraction of sp³-hybridized carbons (Fsp3) is 0.214. The molecule has 0 aliphatic heterocycles. The van der Waals surface area contributed by atoms with Crippen LogP contribution in [0, 0.1) is 6.92 Å². The van der Waals surface area contributed by atoms with E-state index in [0.717, 1.165) is 29.1 Å². The Kier molecular flexibility index (Phi) is 3.83. The topological polar surface area (TPSA) is 59.4 Å². The van der Waals surface area contributed by atoms with Crippen molar-refractivity contribution in [1.29, 1.82) is 0 Å². The van der Waals surface area contributed by atoms with Gasteiger partial charge in [-0.3, -0.25) is 5.10 Å². The first-order valence-electron chi connectivity index (χ1n) is 6.37. The highest BCUT2D eigenvalue weighted by molar-refractivity contribution is 7.98. The number of benzene rings is 1. The van der Waals surface area contributed by atoms with Crippen LogP contribution in [0.1, 0.15) is 17.2 Å². The third kappa shape index (κ3) is 3.08. The summed E-state index contributed by atoms with van der Waals surface area (Å²) in [4.78, 5) is 8.69. The lowest BCUT2D eigenvalue weighted by Gasteiger charge is -2.06. The second-order valence-corrected chi connectivity index (χ2v) is 5.39. The summed E-state index contributed by atoms with van der Waals surface area (Å²) in [6, 6.07) is 10.4. The Hall–Kier alpha value is -2.08. The largest absolute Gasteiger partial charge is 0.330 e. The fourth-order valence-electron chi connectivity index (χ4n) is 1.92. The number of H-pyrrole nitrogens is 1. The molecule has 0 unspecified atom stereocenters. The van der Waals surface area contributed by atoms with Crippen molar-refractivity contribution in [2.75, 3.05) is 0 Å². The van der Waals surface area contributed by atoms with Crippen LogP contribution in [-0.2, 0) is 12.3 Å². The predicted octanol–water partition coefficient (Wildman–Crippen LogP) is 2.65. The molecular formula is C14H15N5S. The van der Waals surface area contributed by atoms with Crippen molar-refractivity contribution in [3.05, 3.63) is 59.9 Å². The SMILES string of the molecule is Cc1nc(SCc2nccn2Cc2ccccc2)n[nH]1. The average Bonchev–Trinajstić information content (AvgIpc) is 3.07. The quantitative estimate of drug-likeness (QED) is 0.732. The van der Waals surface area contributed by atoms with Gasteiger partial charge >= 0.3 is 0 Å². The van der Waals surface area contributed by atoms with Crippen LogP contribution in [0.3, 0.4) is 0 Å². The van der Waals surface area contributed by atoms with Crippen molar-refractivity contribution >= 4 is 11.8 Å². The highest BCUT2D eigenvalue weighted by Crippen LogP contribution is 2.18. The lowest BCUT2D eigenvalue weighted by molar-refractivity contribution is 0.756. The maximum absolute atomic E-state index is 4.41. The summed E-state index contributed by atoms with van der Waals surface area (Å²) >= 11 is 1.59. The summed E-state index contributed by atoms with van der Waals surface area (Å²) < 4.78 is 2.15. The van der Waals surface area contributed by atoms with E-state index in [1.807, 2.05) is 25.4 Å². The van der Waals surface area contributed by atoms with Crippen molar-refractivity contribution in [2.24, 2.45) is 0 Å². The smallest absolute Gasteiger partial charge is 0.208 e. The Morgan fingerprint density at radius 2 is 2.10 bits per heavy atom. The fourth-order valence-corrected chi connectivity index (χ4v) is 2.73. The highest BCUT2D eigenvalue weighted by atomic mass is 32.2. The number of nitrogens with zero attached hydrogens (tertiary/aromatic N) is 4. The first kappa shape index (κ1) is 12.9. The molecule has 20 heavy (non-hydrogen) atoms. The van der Waals surface area contributed by atoms with Gasteiger partial charge in [-0.15, -0.1) is 5.10 Å². The molecule has 0 radical (unpaired) electrons. The second kappa shape index (κ2) is 5.92. The number of aromatic nitrogens is 5. The van der Waals surface area contributed by atoms with Crippen LogP contribution < -0.4 is 0 Å². The molecule has 0 amide bonds. The predicted molar refractivity (Wildman–Crippen MR) is 78.5 cm³/mol. The number of hydrogen-bond acceptors (Lipinski definition) is 4. The van der Waals surface area contributed by atoms with E-state index in [2.05, 4.69) is 49.0 Å². The zero-order chi connectivity index (χ0) is 13.8. The summed E-state index contributed by atoms with van der Waals surface area (Å²) in [6.07, 6.45) is 3.84. The van der Waals surface area contributed by atoms with E-state index >= 15 is 0 Å². The molecule has 0 saturated heterocycles. The molecule has 0 bridgehead atoms. The van der Waals surface area contributed by atoms with E-state index in [9.17, 15) is 0 Å². The van der Waals surface area contributed by atoms with Gasteiger partial charge in [0.25, 0.3) is 0 Å². The first-order chi connectivity index (χ1) is 9.81. The Labute approximate surface area is 121 Å². The number of imidazole rings is 1. The Bertz CT molecular complexity index is 674. The van der Waals surface area contributed by atoms with E-state index in [4.69, 9.17) is 0 Å². The van der Waals surface area contributed by atoms with Gasteiger partial charge in [0, 0.05) is 18.9 Å². The van der Waals surface area contributed by atoms with Crippen LogP contribution in [0.25, 0.3) is 0 Å². The minimum atomic E-state index is 0.761. The van der Waals surface area contributed by atoms with Crippen LogP contribution in [0.2, 0.25) is 0 Å². The molecule has 0 spiro atoms. The van der Waals surface area contributed by atoms with Crippen LogP contribution in [0.15, 0.2) is 47.9 Å². The summed E-state index contributed by atoms with van der Waals surface area (Å²) in [5.74, 6) is 2.62. The number of hydrogen-bond donors (Lipinski definition) is 1. The number of aryl methyl sites for hydroxylation is 1. The average molecular weight is 285 g/mol. The summed E-state index contributed by atoms with van der Waals surface area (Å²) in [7, 11) is 0. The van der Waals surface area contributed by atoms with E-state index in [-0.39, 0.29) is 0 Å². The Morgan fingerprint density at radius 3 is 2.85 bits per heavy atom. The van der Waals surface area contributed by atoms with Gasteiger partial charge in [0.15, 0.2) is 0 Å². The summed E-state index contributed by atoms with van der Waals surface area (Å²) in [5, 5.41) is 7.72. The molecule has 1 aromatic carbocycles. The summed E-state index contributed by atoms with van der Waals surface area (Å²) in [5.41, 5.74) is 1.27. The van der Waals surface area contributed by atoms with Gasteiger partial charge in [0.1, 0.15) is 11.6 Å². The van der Waals surface area contributed by atoms with E-state index in [0.29, 0.717) is 0 Å². The van der Waals surface area contributed by atoms with Crippen LogP contribution in [0.5, 0.6) is 0 Å². The van der Waals surface area contributed by atoms with Gasteiger partial charge in [-0.05, 0) is 12.5 Å². The Balaban J connectivity index is 1.67. The van der Waals surface area contributed by atoms with E-state index < -0.39 is 0 Å². The van der Waals surface area contributed by atoms with Gasteiger partial charge < -0.3 is 4.57 Å². The van der Waals surface area contributed by atoms with Crippen LogP contribution in [0.4, 0.5) is 0 Å². The van der Waals surface area contributed by atoms with Crippen molar-refractivity contribution in [3.8, 4) is 0 Å². The van der Waals surface area contributed by atoms with Gasteiger partial charge in [0.05, 0.1) is 5.75 Å². The molecule has 102 valence electrons. The molecule has 0 aliphatic carbocycles. The van der Waals surface area contributed by atoms with Crippen molar-refractivity contribution in [2.45, 2.75) is 24.4 Å². The second-order valence-electron chi connectivity index (χ2n) is 4.45. The van der Waals surface area contributed by atoms with Gasteiger partial charge in [0.2, 0.25) is 5.16 Å². The molecule has 6 heteroatoms. The van der Waals surface area contributed by atoms with Crippen molar-refractivity contribution in [3.63, 3.8) is 0 Å². The van der Waals surface area contributed by atoms with Gasteiger partial charge in [-0.25, -0.2) is 9.97 Å². The Morgan fingerprint density at radius 1 is 1.25 bits per heavy atom. The standard InChI is InChI=1S/C14H15N5S/c1-11-16-14(18-17-11)20-10-13-15-7-8-19(13)9-12-5-3-2-4-6-12/h2-8H,9-10H2,1H3,(H,16,17,18). The monoisotopic (exact) mass is 285 g/mol. The lowest BCUT2D eigenvalue weighted by atomic mass is 10.2. The summed E-state index contributed by atoms with van der Waals surface area (Å²) in [6.45, 7) is 2.73. The van der Waals surface area contributed by atoms with Gasteiger partial charge in [-0.2, -0.15) is 0 Å². The molecule has 2 aromatic heterocycles. The van der Waals surface area contributed by atoms with Crippen LogP contribution in [-0.4, -0.2) is 24.7 Å².